The van der Waals surface area contributed by atoms with E-state index in [0.29, 0.717) is 0 Å². The standard InChI is InChI=1S/C15H22O10/c1-8(16)21-6-13(23-10(3)18)15(25-12(5)20)14(24-11(4)19)7-22-9(2)17/h13-15H,6-7H2,1-5H3/t13-,14+,15+. The summed E-state index contributed by atoms with van der Waals surface area (Å²) in [6.07, 6.45) is -3.90. The topological polar surface area (TPSA) is 132 Å². The molecule has 0 saturated carbocycles. The summed E-state index contributed by atoms with van der Waals surface area (Å²) in [4.78, 5) is 56.0. The SMILES string of the molecule is CC(=O)OC[C@H](OC(C)=O)[C@@H](OC(C)=O)[C@@H](COC(C)=O)OC(C)=O. The minimum absolute atomic E-state index is 0.454. The summed E-state index contributed by atoms with van der Waals surface area (Å²) in [5, 5.41) is 0. The van der Waals surface area contributed by atoms with Gasteiger partial charge in [0.15, 0.2) is 18.3 Å². The van der Waals surface area contributed by atoms with E-state index >= 15 is 0 Å². The molecule has 0 radical (unpaired) electrons. The summed E-state index contributed by atoms with van der Waals surface area (Å²) in [5.41, 5.74) is 0. The van der Waals surface area contributed by atoms with Crippen LogP contribution in [0.15, 0.2) is 0 Å². The summed E-state index contributed by atoms with van der Waals surface area (Å²) in [5.74, 6) is -3.60. The van der Waals surface area contributed by atoms with Crippen LogP contribution in [0.4, 0.5) is 0 Å². The third-order valence-corrected chi connectivity index (χ3v) is 2.57. The number of hydrogen-bond donors (Lipinski definition) is 0. The van der Waals surface area contributed by atoms with Crippen molar-refractivity contribution in [2.75, 3.05) is 13.2 Å². The fourth-order valence-electron chi connectivity index (χ4n) is 1.80. The molecule has 3 atom stereocenters. The number of carbonyl (C=O) groups is 5. The predicted octanol–water partition coefficient (Wildman–Crippen LogP) is -0.0923. The van der Waals surface area contributed by atoms with Crippen molar-refractivity contribution in [3.63, 3.8) is 0 Å². The molecule has 0 aromatic carbocycles. The lowest BCUT2D eigenvalue weighted by atomic mass is 10.1. The Kier molecular flexibility index (Phi) is 9.83. The second-order valence-corrected chi connectivity index (χ2v) is 4.97. The Morgan fingerprint density at radius 3 is 1.12 bits per heavy atom. The minimum Gasteiger partial charge on any atom is -0.462 e. The minimum atomic E-state index is -1.36. The van der Waals surface area contributed by atoms with E-state index in [1.165, 1.54) is 0 Å². The Hall–Kier alpha value is -2.65. The highest BCUT2D eigenvalue weighted by molar-refractivity contribution is 5.69. The summed E-state index contributed by atoms with van der Waals surface area (Å²) in [6, 6.07) is 0. The molecular weight excluding hydrogens is 340 g/mol. The first-order chi connectivity index (χ1) is 11.5. The maximum atomic E-state index is 11.4. The molecule has 0 bridgehead atoms. The smallest absolute Gasteiger partial charge is 0.303 e. The zero-order chi connectivity index (χ0) is 19.6. The van der Waals surface area contributed by atoms with Gasteiger partial charge in [-0.2, -0.15) is 0 Å². The van der Waals surface area contributed by atoms with Crippen LogP contribution in [0.5, 0.6) is 0 Å². The van der Waals surface area contributed by atoms with Crippen LogP contribution in [-0.2, 0) is 47.7 Å². The molecule has 10 heteroatoms. The van der Waals surface area contributed by atoms with Crippen molar-refractivity contribution >= 4 is 29.8 Å². The Balaban J connectivity index is 5.56. The molecule has 142 valence electrons. The van der Waals surface area contributed by atoms with Crippen molar-refractivity contribution in [2.24, 2.45) is 0 Å². The van der Waals surface area contributed by atoms with Crippen molar-refractivity contribution in [1.29, 1.82) is 0 Å². The fourth-order valence-corrected chi connectivity index (χ4v) is 1.80. The lowest BCUT2D eigenvalue weighted by Crippen LogP contribution is -2.49. The van der Waals surface area contributed by atoms with Crippen molar-refractivity contribution in [1.82, 2.24) is 0 Å². The van der Waals surface area contributed by atoms with Gasteiger partial charge in [0.25, 0.3) is 0 Å². The van der Waals surface area contributed by atoms with Crippen LogP contribution in [-0.4, -0.2) is 61.4 Å². The first-order valence-corrected chi connectivity index (χ1v) is 7.31. The van der Waals surface area contributed by atoms with E-state index in [2.05, 4.69) is 0 Å². The van der Waals surface area contributed by atoms with E-state index in [1.807, 2.05) is 0 Å². The Morgan fingerprint density at radius 1 is 0.560 bits per heavy atom. The van der Waals surface area contributed by atoms with Crippen molar-refractivity contribution < 1.29 is 47.7 Å². The summed E-state index contributed by atoms with van der Waals surface area (Å²) in [6.45, 7) is 4.63. The highest BCUT2D eigenvalue weighted by Gasteiger charge is 2.38. The molecule has 0 unspecified atom stereocenters. The second-order valence-electron chi connectivity index (χ2n) is 4.97. The molecule has 0 spiro atoms. The van der Waals surface area contributed by atoms with E-state index in [0.717, 1.165) is 34.6 Å². The normalized spacial score (nSPS) is 13.6. The number of carbonyl (C=O) groups excluding carboxylic acids is 5. The summed E-state index contributed by atoms with van der Waals surface area (Å²) < 4.78 is 24.7. The summed E-state index contributed by atoms with van der Waals surface area (Å²) >= 11 is 0. The zero-order valence-electron chi connectivity index (χ0n) is 14.7. The van der Waals surface area contributed by atoms with Gasteiger partial charge in [-0.15, -0.1) is 0 Å². The van der Waals surface area contributed by atoms with Crippen molar-refractivity contribution in [3.05, 3.63) is 0 Å². The van der Waals surface area contributed by atoms with Crippen LogP contribution in [0.25, 0.3) is 0 Å². The maximum Gasteiger partial charge on any atom is 0.303 e. The molecule has 0 rings (SSSR count). The zero-order valence-corrected chi connectivity index (χ0v) is 14.7. The van der Waals surface area contributed by atoms with Gasteiger partial charge in [0.05, 0.1) is 0 Å². The molecular formula is C15H22O10. The molecule has 0 aliphatic carbocycles. The highest BCUT2D eigenvalue weighted by Crippen LogP contribution is 2.16. The van der Waals surface area contributed by atoms with Gasteiger partial charge in [0, 0.05) is 34.6 Å². The molecule has 0 saturated heterocycles. The average molecular weight is 362 g/mol. The van der Waals surface area contributed by atoms with Gasteiger partial charge in [0.2, 0.25) is 0 Å². The van der Waals surface area contributed by atoms with Crippen LogP contribution >= 0.6 is 0 Å². The second kappa shape index (κ2) is 11.0. The Labute approximate surface area is 144 Å². The lowest BCUT2D eigenvalue weighted by Gasteiger charge is -2.31. The van der Waals surface area contributed by atoms with E-state index < -0.39 is 61.4 Å². The maximum absolute atomic E-state index is 11.4. The number of hydrogen-bond acceptors (Lipinski definition) is 10. The van der Waals surface area contributed by atoms with Gasteiger partial charge < -0.3 is 23.7 Å². The van der Waals surface area contributed by atoms with E-state index in [9.17, 15) is 24.0 Å². The molecule has 25 heavy (non-hydrogen) atoms. The number of rotatable bonds is 9. The molecule has 0 fully saturated rings. The molecule has 0 aromatic heterocycles. The van der Waals surface area contributed by atoms with Gasteiger partial charge in [0.1, 0.15) is 13.2 Å². The molecule has 0 aliphatic heterocycles. The average Bonchev–Trinajstić information content (AvgIpc) is 2.44. The van der Waals surface area contributed by atoms with Gasteiger partial charge in [-0.25, -0.2) is 0 Å². The van der Waals surface area contributed by atoms with E-state index in [4.69, 9.17) is 23.7 Å². The Morgan fingerprint density at radius 2 is 0.880 bits per heavy atom. The van der Waals surface area contributed by atoms with Crippen LogP contribution < -0.4 is 0 Å². The fraction of sp³-hybridized carbons (Fsp3) is 0.667. The predicted molar refractivity (Wildman–Crippen MR) is 79.9 cm³/mol. The third kappa shape index (κ3) is 10.7. The van der Waals surface area contributed by atoms with Gasteiger partial charge >= 0.3 is 29.8 Å². The van der Waals surface area contributed by atoms with E-state index in [1.54, 1.807) is 0 Å². The largest absolute Gasteiger partial charge is 0.462 e. The van der Waals surface area contributed by atoms with Crippen molar-refractivity contribution in [3.8, 4) is 0 Å². The van der Waals surface area contributed by atoms with Crippen molar-refractivity contribution in [2.45, 2.75) is 52.9 Å². The van der Waals surface area contributed by atoms with E-state index in [-0.39, 0.29) is 0 Å². The van der Waals surface area contributed by atoms with Gasteiger partial charge in [-0.05, 0) is 0 Å². The Bertz CT molecular complexity index is 474. The first-order valence-electron chi connectivity index (χ1n) is 7.31. The molecule has 0 N–H and O–H groups in total. The summed E-state index contributed by atoms with van der Waals surface area (Å²) in [7, 11) is 0. The first kappa shape index (κ1) is 22.4. The number of ether oxygens (including phenoxy) is 5. The van der Waals surface area contributed by atoms with Gasteiger partial charge in [-0.1, -0.05) is 0 Å². The molecule has 0 heterocycles. The molecule has 0 aliphatic rings. The van der Waals surface area contributed by atoms with Crippen LogP contribution in [0.2, 0.25) is 0 Å². The van der Waals surface area contributed by atoms with Crippen LogP contribution in [0, 0.1) is 0 Å². The molecule has 0 aromatic rings. The number of esters is 5. The lowest BCUT2D eigenvalue weighted by molar-refractivity contribution is -0.194. The molecule has 0 amide bonds. The quantitative estimate of drug-likeness (QED) is 0.405. The highest BCUT2D eigenvalue weighted by atomic mass is 16.6. The molecule has 10 nitrogen and oxygen atoms in total. The van der Waals surface area contributed by atoms with Gasteiger partial charge in [-0.3, -0.25) is 24.0 Å². The third-order valence-electron chi connectivity index (χ3n) is 2.57. The van der Waals surface area contributed by atoms with Crippen LogP contribution in [0.3, 0.4) is 0 Å². The monoisotopic (exact) mass is 362 g/mol. The van der Waals surface area contributed by atoms with Crippen LogP contribution in [0.1, 0.15) is 34.6 Å².